The van der Waals surface area contributed by atoms with Crippen LogP contribution in [-0.4, -0.2) is 31.4 Å². The van der Waals surface area contributed by atoms with Crippen LogP contribution in [0, 0.1) is 0 Å². The van der Waals surface area contributed by atoms with Gasteiger partial charge in [-0.15, -0.1) is 0 Å². The number of hydrogen-bond acceptors (Lipinski definition) is 4. The van der Waals surface area contributed by atoms with Crippen LogP contribution in [0.4, 0.5) is 0 Å². The van der Waals surface area contributed by atoms with E-state index < -0.39 is 0 Å². The maximum absolute atomic E-state index is 12.1. The smallest absolute Gasteiger partial charge is 0.220 e. The lowest BCUT2D eigenvalue weighted by atomic mass is 10.1. The summed E-state index contributed by atoms with van der Waals surface area (Å²) < 4.78 is 11.2. The quantitative estimate of drug-likeness (QED) is 0.412. The van der Waals surface area contributed by atoms with Crippen molar-refractivity contribution in [2.45, 2.75) is 32.4 Å². The van der Waals surface area contributed by atoms with E-state index in [1.807, 2.05) is 50.2 Å². The normalized spacial score (nSPS) is 10.6. The molecule has 0 aliphatic carbocycles. The molecule has 2 rings (SSSR count). The molecule has 0 unspecified atom stereocenters. The second-order valence-electron chi connectivity index (χ2n) is 6.25. The van der Waals surface area contributed by atoms with Gasteiger partial charge in [-0.05, 0) is 55.7 Å². The lowest BCUT2D eigenvalue weighted by Gasteiger charge is -2.12. The molecule has 29 heavy (non-hydrogen) atoms. The van der Waals surface area contributed by atoms with Crippen LogP contribution in [0.2, 0.25) is 10.0 Å². The van der Waals surface area contributed by atoms with E-state index in [9.17, 15) is 4.79 Å². The minimum Gasteiger partial charge on any atom is -0.490 e. The average molecular weight is 456 g/mol. The van der Waals surface area contributed by atoms with E-state index in [2.05, 4.69) is 5.32 Å². The Kier molecular flexibility index (Phi) is 10.5. The van der Waals surface area contributed by atoms with Crippen LogP contribution in [-0.2, 0) is 17.0 Å². The Bertz CT molecular complexity index is 781. The van der Waals surface area contributed by atoms with E-state index >= 15 is 0 Å². The zero-order valence-corrected chi connectivity index (χ0v) is 19.1. The van der Waals surface area contributed by atoms with Crippen molar-refractivity contribution in [3.8, 4) is 11.5 Å². The van der Waals surface area contributed by atoms with Crippen LogP contribution in [0.15, 0.2) is 36.4 Å². The highest BCUT2D eigenvalue weighted by Crippen LogP contribution is 2.29. The molecule has 0 aromatic heterocycles. The molecule has 2 aromatic carbocycles. The Balaban J connectivity index is 1.71. The number of aryl methyl sites for hydroxylation is 1. The van der Waals surface area contributed by atoms with Gasteiger partial charge in [0, 0.05) is 34.5 Å². The summed E-state index contributed by atoms with van der Waals surface area (Å²) in [6, 6.07) is 11.3. The first-order valence-corrected chi connectivity index (χ1v) is 11.6. The standard InChI is InChI=1S/C22H27Cl2NO3S/c1-3-27-20-10-8-16(14-21(20)28-4-2)9-11-22(26)25-12-13-29-15-17-18(23)6-5-7-19(17)24/h5-8,10,14H,3-4,9,11-13,15H2,1-2H3,(H,25,26). The number of ether oxygens (including phenoxy) is 2. The van der Waals surface area contributed by atoms with Gasteiger partial charge in [-0.2, -0.15) is 11.8 Å². The number of hydrogen-bond donors (Lipinski definition) is 1. The number of amides is 1. The van der Waals surface area contributed by atoms with Crippen molar-refractivity contribution in [2.24, 2.45) is 0 Å². The summed E-state index contributed by atoms with van der Waals surface area (Å²) in [5.74, 6) is 3.01. The first-order valence-electron chi connectivity index (χ1n) is 9.71. The van der Waals surface area contributed by atoms with Crippen LogP contribution in [0.3, 0.4) is 0 Å². The third-order valence-corrected chi connectivity index (χ3v) is 5.82. The number of halogens is 2. The molecule has 2 aromatic rings. The third-order valence-electron chi connectivity index (χ3n) is 4.13. The SMILES string of the molecule is CCOc1ccc(CCC(=O)NCCSCc2c(Cl)cccc2Cl)cc1OCC. The highest BCUT2D eigenvalue weighted by atomic mass is 35.5. The molecule has 0 spiro atoms. The first-order chi connectivity index (χ1) is 14.0. The summed E-state index contributed by atoms with van der Waals surface area (Å²) in [7, 11) is 0. The van der Waals surface area contributed by atoms with Crippen molar-refractivity contribution < 1.29 is 14.3 Å². The molecular formula is C22H27Cl2NO3S. The molecular weight excluding hydrogens is 429 g/mol. The van der Waals surface area contributed by atoms with Crippen molar-refractivity contribution in [3.63, 3.8) is 0 Å². The lowest BCUT2D eigenvalue weighted by Crippen LogP contribution is -2.25. The number of carbonyl (C=O) groups is 1. The van der Waals surface area contributed by atoms with E-state index in [0.29, 0.717) is 42.6 Å². The molecule has 0 saturated heterocycles. The summed E-state index contributed by atoms with van der Waals surface area (Å²) >= 11 is 14.0. The Hall–Kier alpha value is -1.56. The summed E-state index contributed by atoms with van der Waals surface area (Å²) in [5.41, 5.74) is 1.99. The van der Waals surface area contributed by atoms with Gasteiger partial charge in [0.05, 0.1) is 13.2 Å². The molecule has 4 nitrogen and oxygen atoms in total. The number of thioether (sulfide) groups is 1. The molecule has 0 radical (unpaired) electrons. The van der Waals surface area contributed by atoms with Gasteiger partial charge in [0.25, 0.3) is 0 Å². The van der Waals surface area contributed by atoms with Crippen LogP contribution >= 0.6 is 35.0 Å². The lowest BCUT2D eigenvalue weighted by molar-refractivity contribution is -0.120. The van der Waals surface area contributed by atoms with Gasteiger partial charge in [0.15, 0.2) is 11.5 Å². The number of benzene rings is 2. The Morgan fingerprint density at radius 1 is 1.03 bits per heavy atom. The zero-order valence-electron chi connectivity index (χ0n) is 16.8. The molecule has 0 saturated carbocycles. The van der Waals surface area contributed by atoms with Crippen LogP contribution in [0.1, 0.15) is 31.4 Å². The minimum atomic E-state index is 0.0354. The van der Waals surface area contributed by atoms with Gasteiger partial charge in [0.1, 0.15) is 0 Å². The van der Waals surface area contributed by atoms with Crippen molar-refractivity contribution in [1.82, 2.24) is 5.32 Å². The maximum Gasteiger partial charge on any atom is 0.220 e. The average Bonchev–Trinajstić information content (AvgIpc) is 2.70. The Morgan fingerprint density at radius 3 is 2.41 bits per heavy atom. The third kappa shape index (κ3) is 8.00. The predicted molar refractivity (Wildman–Crippen MR) is 123 cm³/mol. The van der Waals surface area contributed by atoms with E-state index in [0.717, 1.165) is 34.1 Å². The maximum atomic E-state index is 12.1. The highest BCUT2D eigenvalue weighted by molar-refractivity contribution is 7.98. The second kappa shape index (κ2) is 12.9. The molecule has 1 N–H and O–H groups in total. The fraction of sp³-hybridized carbons (Fsp3) is 0.409. The van der Waals surface area contributed by atoms with E-state index in [4.69, 9.17) is 32.7 Å². The summed E-state index contributed by atoms with van der Waals surface area (Å²) in [5, 5.41) is 4.31. The van der Waals surface area contributed by atoms with Crippen molar-refractivity contribution in [3.05, 3.63) is 57.6 Å². The van der Waals surface area contributed by atoms with E-state index in [1.54, 1.807) is 11.8 Å². The van der Waals surface area contributed by atoms with Crippen LogP contribution in [0.5, 0.6) is 11.5 Å². The molecule has 0 fully saturated rings. The van der Waals surface area contributed by atoms with Gasteiger partial charge in [-0.1, -0.05) is 35.3 Å². The predicted octanol–water partition coefficient (Wildman–Crippen LogP) is 5.77. The van der Waals surface area contributed by atoms with Gasteiger partial charge in [0.2, 0.25) is 5.91 Å². The Labute approximate surface area is 187 Å². The van der Waals surface area contributed by atoms with Gasteiger partial charge < -0.3 is 14.8 Å². The minimum absolute atomic E-state index is 0.0354. The molecule has 158 valence electrons. The van der Waals surface area contributed by atoms with Gasteiger partial charge in [-0.25, -0.2) is 0 Å². The fourth-order valence-electron chi connectivity index (χ4n) is 2.70. The van der Waals surface area contributed by atoms with Crippen molar-refractivity contribution in [1.29, 1.82) is 0 Å². The molecule has 0 bridgehead atoms. The molecule has 7 heteroatoms. The summed E-state index contributed by atoms with van der Waals surface area (Å²) in [6.07, 6.45) is 1.08. The molecule has 0 aliphatic heterocycles. The second-order valence-corrected chi connectivity index (χ2v) is 8.17. The fourth-order valence-corrected chi connectivity index (χ4v) is 4.30. The van der Waals surface area contributed by atoms with E-state index in [-0.39, 0.29) is 5.91 Å². The summed E-state index contributed by atoms with van der Waals surface area (Å²) in [4.78, 5) is 12.1. The number of rotatable bonds is 12. The van der Waals surface area contributed by atoms with E-state index in [1.165, 1.54) is 0 Å². The topological polar surface area (TPSA) is 47.6 Å². The number of nitrogens with one attached hydrogen (secondary N) is 1. The first kappa shape index (κ1) is 23.7. The highest BCUT2D eigenvalue weighted by Gasteiger charge is 2.09. The van der Waals surface area contributed by atoms with Gasteiger partial charge in [-0.3, -0.25) is 4.79 Å². The zero-order chi connectivity index (χ0) is 21.1. The number of carbonyl (C=O) groups excluding carboxylic acids is 1. The molecule has 0 aliphatic rings. The van der Waals surface area contributed by atoms with Crippen molar-refractivity contribution in [2.75, 3.05) is 25.5 Å². The molecule has 0 heterocycles. The summed E-state index contributed by atoms with van der Waals surface area (Å²) in [6.45, 7) is 5.64. The van der Waals surface area contributed by atoms with Gasteiger partial charge >= 0.3 is 0 Å². The monoisotopic (exact) mass is 455 g/mol. The molecule has 0 atom stereocenters. The molecule has 1 amide bonds. The Morgan fingerprint density at radius 2 is 1.72 bits per heavy atom. The largest absolute Gasteiger partial charge is 0.490 e. The van der Waals surface area contributed by atoms with Crippen LogP contribution < -0.4 is 14.8 Å². The van der Waals surface area contributed by atoms with Crippen molar-refractivity contribution >= 4 is 40.9 Å². The van der Waals surface area contributed by atoms with Crippen LogP contribution in [0.25, 0.3) is 0 Å².